The highest BCUT2D eigenvalue weighted by atomic mass is 19.1. The molecule has 2 aliphatic rings. The minimum Gasteiger partial charge on any atom is -0.493 e. The van der Waals surface area contributed by atoms with Crippen LogP contribution in [0.25, 0.3) is 10.9 Å². The number of hydrogen-bond acceptors (Lipinski definition) is 6. The van der Waals surface area contributed by atoms with E-state index in [9.17, 15) is 18.8 Å². The topological polar surface area (TPSA) is 108 Å². The molecule has 0 saturated heterocycles. The predicted molar refractivity (Wildman–Crippen MR) is 129 cm³/mol. The first kappa shape index (κ1) is 23.8. The summed E-state index contributed by atoms with van der Waals surface area (Å²) < 4.78 is 28.3. The number of nitrogens with zero attached hydrogens (tertiary/aromatic N) is 4. The molecule has 0 radical (unpaired) electrons. The van der Waals surface area contributed by atoms with Gasteiger partial charge in [-0.05, 0) is 32.3 Å². The lowest BCUT2D eigenvalue weighted by Crippen LogP contribution is -2.40. The zero-order valence-corrected chi connectivity index (χ0v) is 20.5. The van der Waals surface area contributed by atoms with Crippen LogP contribution in [0.5, 0.6) is 11.5 Å². The van der Waals surface area contributed by atoms with Crippen molar-refractivity contribution in [1.82, 2.24) is 24.6 Å². The minimum absolute atomic E-state index is 0.0278. The number of amides is 2. The molecule has 2 aromatic heterocycles. The second-order valence-corrected chi connectivity index (χ2v) is 9.24. The van der Waals surface area contributed by atoms with Gasteiger partial charge in [0, 0.05) is 37.8 Å². The van der Waals surface area contributed by atoms with Crippen LogP contribution in [0.2, 0.25) is 0 Å². The van der Waals surface area contributed by atoms with Crippen molar-refractivity contribution in [3.05, 3.63) is 51.3 Å². The maximum atomic E-state index is 14.0. The normalized spacial score (nSPS) is 18.7. The van der Waals surface area contributed by atoms with Gasteiger partial charge in [0.2, 0.25) is 0 Å². The summed E-state index contributed by atoms with van der Waals surface area (Å²) in [4.78, 5) is 41.9. The lowest BCUT2D eigenvalue weighted by molar-refractivity contribution is 0.0722. The molecule has 0 aliphatic carbocycles. The first-order chi connectivity index (χ1) is 17.3. The Morgan fingerprint density at radius 2 is 2.00 bits per heavy atom. The van der Waals surface area contributed by atoms with Gasteiger partial charge in [0.05, 0.1) is 25.8 Å². The Bertz CT molecular complexity index is 1430. The van der Waals surface area contributed by atoms with Crippen LogP contribution in [0.1, 0.15) is 58.8 Å². The summed E-state index contributed by atoms with van der Waals surface area (Å²) in [6.45, 7) is 3.04. The zero-order chi connectivity index (χ0) is 25.6. The van der Waals surface area contributed by atoms with E-state index in [1.807, 2.05) is 6.92 Å². The molecule has 0 spiro atoms. The first-order valence-electron chi connectivity index (χ1n) is 12.0. The first-order valence-corrected chi connectivity index (χ1v) is 12.0. The molecule has 2 amide bonds. The van der Waals surface area contributed by atoms with E-state index in [2.05, 4.69) is 10.4 Å². The number of ether oxygens (including phenoxy) is 2. The zero-order valence-electron chi connectivity index (χ0n) is 20.5. The Labute approximate surface area is 206 Å². The maximum absolute atomic E-state index is 14.0. The number of rotatable bonds is 1. The molecule has 1 atom stereocenters. The molecule has 1 unspecified atom stereocenters. The van der Waals surface area contributed by atoms with Crippen LogP contribution in [0.3, 0.4) is 0 Å². The van der Waals surface area contributed by atoms with Gasteiger partial charge >= 0.3 is 0 Å². The molecular formula is C25H28FN5O5. The highest BCUT2D eigenvalue weighted by molar-refractivity contribution is 6.10. The van der Waals surface area contributed by atoms with E-state index >= 15 is 0 Å². The number of methoxy groups -OCH3 is 1. The molecule has 10 nitrogen and oxygen atoms in total. The molecule has 36 heavy (non-hydrogen) atoms. The van der Waals surface area contributed by atoms with E-state index < -0.39 is 17.3 Å². The SMILES string of the molecule is COc1c2n(c3c4nn(c(=O)c13)Cc1ccc(F)cc1OCCCCCNC4=O)C(C)CN(C)C2=O. The van der Waals surface area contributed by atoms with E-state index in [-0.39, 0.29) is 46.5 Å². The van der Waals surface area contributed by atoms with Crippen LogP contribution < -0.4 is 20.3 Å². The summed E-state index contributed by atoms with van der Waals surface area (Å²) in [5.74, 6) is -0.772. The van der Waals surface area contributed by atoms with Crippen LogP contribution in [-0.4, -0.2) is 64.9 Å². The van der Waals surface area contributed by atoms with Gasteiger partial charge in [-0.3, -0.25) is 14.4 Å². The summed E-state index contributed by atoms with van der Waals surface area (Å²) in [5.41, 5.74) is 0.534. The van der Waals surface area contributed by atoms with E-state index in [1.165, 1.54) is 25.3 Å². The molecule has 1 N–H and O–H groups in total. The summed E-state index contributed by atoms with van der Waals surface area (Å²) in [6, 6.07) is 3.89. The predicted octanol–water partition coefficient (Wildman–Crippen LogP) is 2.33. The summed E-state index contributed by atoms with van der Waals surface area (Å²) >= 11 is 0. The Balaban J connectivity index is 1.81. The third-order valence-corrected chi connectivity index (χ3v) is 6.71. The molecule has 2 bridgehead atoms. The fourth-order valence-corrected chi connectivity index (χ4v) is 5.01. The van der Waals surface area contributed by atoms with Crippen molar-refractivity contribution in [2.45, 2.75) is 38.8 Å². The number of aromatic nitrogens is 3. The molecule has 4 heterocycles. The van der Waals surface area contributed by atoms with Crippen LogP contribution in [0.4, 0.5) is 4.39 Å². The van der Waals surface area contributed by atoms with E-state index in [0.717, 1.165) is 17.5 Å². The Hall–Kier alpha value is -3.89. The Morgan fingerprint density at radius 3 is 2.78 bits per heavy atom. The van der Waals surface area contributed by atoms with Gasteiger partial charge in [0.25, 0.3) is 17.4 Å². The van der Waals surface area contributed by atoms with Crippen molar-refractivity contribution in [3.63, 3.8) is 0 Å². The molecule has 1 aromatic carbocycles. The van der Waals surface area contributed by atoms with Crippen LogP contribution in [-0.2, 0) is 6.54 Å². The molecule has 11 heteroatoms. The monoisotopic (exact) mass is 497 g/mol. The van der Waals surface area contributed by atoms with Gasteiger partial charge in [0.1, 0.15) is 17.0 Å². The highest BCUT2D eigenvalue weighted by Gasteiger charge is 2.37. The number of halogens is 1. The number of carbonyl (C=O) groups is 2. The number of likely N-dealkylation sites (N-methyl/N-ethyl adjacent to an activating group) is 1. The average molecular weight is 498 g/mol. The van der Waals surface area contributed by atoms with Crippen LogP contribution >= 0.6 is 0 Å². The largest absolute Gasteiger partial charge is 0.493 e. The van der Waals surface area contributed by atoms with Gasteiger partial charge < -0.3 is 24.3 Å². The maximum Gasteiger partial charge on any atom is 0.280 e. The van der Waals surface area contributed by atoms with Crippen molar-refractivity contribution >= 4 is 22.7 Å². The van der Waals surface area contributed by atoms with Gasteiger partial charge in [-0.2, -0.15) is 5.10 Å². The Morgan fingerprint density at radius 1 is 1.19 bits per heavy atom. The fourth-order valence-electron chi connectivity index (χ4n) is 5.01. The fraction of sp³-hybridized carbons (Fsp3) is 0.440. The van der Waals surface area contributed by atoms with E-state index in [0.29, 0.717) is 37.4 Å². The smallest absolute Gasteiger partial charge is 0.280 e. The highest BCUT2D eigenvalue weighted by Crippen LogP contribution is 2.38. The molecule has 0 fully saturated rings. The summed E-state index contributed by atoms with van der Waals surface area (Å²) in [5, 5.41) is 7.47. The van der Waals surface area contributed by atoms with Crippen molar-refractivity contribution in [1.29, 1.82) is 0 Å². The van der Waals surface area contributed by atoms with E-state index in [1.54, 1.807) is 16.5 Å². The second-order valence-electron chi connectivity index (χ2n) is 9.24. The molecular weight excluding hydrogens is 469 g/mol. The van der Waals surface area contributed by atoms with Crippen molar-refractivity contribution in [2.75, 3.05) is 33.9 Å². The molecule has 0 saturated carbocycles. The number of nitrogens with one attached hydrogen (secondary N) is 1. The van der Waals surface area contributed by atoms with E-state index in [4.69, 9.17) is 9.47 Å². The second kappa shape index (κ2) is 9.29. The van der Waals surface area contributed by atoms with Crippen molar-refractivity contribution in [3.8, 4) is 11.5 Å². The minimum atomic E-state index is -0.523. The molecule has 3 aromatic rings. The van der Waals surface area contributed by atoms with Crippen molar-refractivity contribution < 1.29 is 23.5 Å². The van der Waals surface area contributed by atoms with Gasteiger partial charge in [0.15, 0.2) is 17.1 Å². The number of fused-ring (bicyclic) bond motifs is 7. The van der Waals surface area contributed by atoms with Gasteiger partial charge in [-0.1, -0.05) is 6.07 Å². The molecule has 2 aliphatic heterocycles. The number of carbonyl (C=O) groups excluding carboxylic acids is 2. The lowest BCUT2D eigenvalue weighted by Gasteiger charge is -2.30. The summed E-state index contributed by atoms with van der Waals surface area (Å²) in [6.07, 6.45) is 2.25. The molecule has 5 rings (SSSR count). The van der Waals surface area contributed by atoms with Gasteiger partial charge in [-0.15, -0.1) is 0 Å². The Kier molecular flexibility index (Phi) is 6.15. The number of benzene rings is 1. The lowest BCUT2D eigenvalue weighted by atomic mass is 10.1. The number of hydrogen-bond donors (Lipinski definition) is 1. The van der Waals surface area contributed by atoms with Crippen LogP contribution in [0, 0.1) is 5.82 Å². The van der Waals surface area contributed by atoms with Crippen LogP contribution in [0.15, 0.2) is 23.0 Å². The third kappa shape index (κ3) is 3.88. The average Bonchev–Trinajstić information content (AvgIpc) is 3.20. The van der Waals surface area contributed by atoms with Gasteiger partial charge in [-0.25, -0.2) is 9.07 Å². The van der Waals surface area contributed by atoms with Crippen molar-refractivity contribution in [2.24, 2.45) is 0 Å². The standard InChI is InChI=1S/C25H28FN5O5/c1-14-12-29(2)25(34)21-22(35-3)18-20(31(14)21)19-23(32)27-9-5-4-6-10-36-17-11-16(26)8-7-15(17)13-30(28-19)24(18)33/h7-8,11,14H,4-6,9-10,12-13H2,1-3H3,(H,27,32). The quantitative estimate of drug-likeness (QED) is 0.553. The third-order valence-electron chi connectivity index (χ3n) is 6.71. The molecule has 190 valence electrons. The summed E-state index contributed by atoms with van der Waals surface area (Å²) in [7, 11) is 3.07.